The van der Waals surface area contributed by atoms with Crippen LogP contribution < -0.4 is 5.32 Å². The molecular formula is C8H17NO2. The first-order valence-electron chi connectivity index (χ1n) is 3.89. The van der Waals surface area contributed by atoms with E-state index in [2.05, 4.69) is 5.32 Å². The van der Waals surface area contributed by atoms with Crippen LogP contribution in [0.3, 0.4) is 0 Å². The van der Waals surface area contributed by atoms with Crippen molar-refractivity contribution >= 4 is 5.97 Å². The highest BCUT2D eigenvalue weighted by atomic mass is 16.4. The standard InChI is InChI=1S/C8H17NO2/c1-5-8(3,4)9-6(2)7(10)11/h6,9H,5H2,1-4H3,(H,10,11)/t6-/m1/s1. The fourth-order valence-corrected chi connectivity index (χ4v) is 0.750. The number of nitrogens with one attached hydrogen (secondary N) is 1. The van der Waals surface area contributed by atoms with Crippen molar-refractivity contribution in [2.45, 2.75) is 45.7 Å². The summed E-state index contributed by atoms with van der Waals surface area (Å²) in [6.45, 7) is 7.67. The first-order valence-corrected chi connectivity index (χ1v) is 3.89. The largest absolute Gasteiger partial charge is 0.480 e. The van der Waals surface area contributed by atoms with E-state index < -0.39 is 12.0 Å². The van der Waals surface area contributed by atoms with Crippen molar-refractivity contribution in [1.29, 1.82) is 0 Å². The summed E-state index contributed by atoms with van der Waals surface area (Å²) in [7, 11) is 0. The van der Waals surface area contributed by atoms with Crippen molar-refractivity contribution in [3.05, 3.63) is 0 Å². The van der Waals surface area contributed by atoms with Gasteiger partial charge in [0.2, 0.25) is 0 Å². The summed E-state index contributed by atoms with van der Waals surface area (Å²) >= 11 is 0. The molecule has 0 rings (SSSR count). The Morgan fingerprint density at radius 1 is 1.64 bits per heavy atom. The molecule has 2 N–H and O–H groups in total. The third kappa shape index (κ3) is 3.98. The average Bonchev–Trinajstić information content (AvgIpc) is 1.87. The lowest BCUT2D eigenvalue weighted by Gasteiger charge is -2.26. The van der Waals surface area contributed by atoms with Crippen LogP contribution in [0.1, 0.15) is 34.1 Å². The number of aliphatic carboxylic acids is 1. The van der Waals surface area contributed by atoms with Crippen LogP contribution in [-0.4, -0.2) is 22.7 Å². The zero-order valence-electron chi connectivity index (χ0n) is 7.64. The van der Waals surface area contributed by atoms with Crippen molar-refractivity contribution in [2.75, 3.05) is 0 Å². The van der Waals surface area contributed by atoms with E-state index >= 15 is 0 Å². The smallest absolute Gasteiger partial charge is 0.320 e. The molecule has 3 nitrogen and oxygen atoms in total. The molecule has 0 bridgehead atoms. The minimum atomic E-state index is -0.800. The lowest BCUT2D eigenvalue weighted by Crippen LogP contribution is -2.47. The number of rotatable bonds is 4. The van der Waals surface area contributed by atoms with Gasteiger partial charge in [0.25, 0.3) is 0 Å². The molecule has 0 aliphatic carbocycles. The first kappa shape index (κ1) is 10.4. The molecule has 0 unspecified atom stereocenters. The van der Waals surface area contributed by atoms with E-state index in [1.54, 1.807) is 6.92 Å². The Labute approximate surface area is 67.8 Å². The monoisotopic (exact) mass is 159 g/mol. The van der Waals surface area contributed by atoms with Gasteiger partial charge in [0.15, 0.2) is 0 Å². The Bertz CT molecular complexity index is 143. The molecular weight excluding hydrogens is 142 g/mol. The van der Waals surface area contributed by atoms with E-state index in [0.29, 0.717) is 0 Å². The molecule has 0 spiro atoms. The molecule has 0 radical (unpaired) electrons. The number of carboxylic acids is 1. The van der Waals surface area contributed by atoms with Gasteiger partial charge in [-0.1, -0.05) is 6.92 Å². The molecule has 0 fully saturated rings. The van der Waals surface area contributed by atoms with Crippen LogP contribution in [0.25, 0.3) is 0 Å². The molecule has 0 aliphatic heterocycles. The summed E-state index contributed by atoms with van der Waals surface area (Å²) in [5.41, 5.74) is -0.0855. The molecule has 0 aromatic rings. The van der Waals surface area contributed by atoms with Crippen molar-refractivity contribution in [2.24, 2.45) is 0 Å². The van der Waals surface area contributed by atoms with Crippen molar-refractivity contribution in [1.82, 2.24) is 5.32 Å². The second kappa shape index (κ2) is 3.72. The number of hydrogen-bond acceptors (Lipinski definition) is 2. The van der Waals surface area contributed by atoms with E-state index in [4.69, 9.17) is 5.11 Å². The summed E-state index contributed by atoms with van der Waals surface area (Å²) in [5, 5.41) is 11.6. The van der Waals surface area contributed by atoms with E-state index in [1.807, 2.05) is 20.8 Å². The zero-order chi connectivity index (χ0) is 9.07. The van der Waals surface area contributed by atoms with Crippen LogP contribution in [-0.2, 0) is 4.79 Å². The summed E-state index contributed by atoms with van der Waals surface area (Å²) < 4.78 is 0. The third-order valence-electron chi connectivity index (χ3n) is 1.86. The minimum Gasteiger partial charge on any atom is -0.480 e. The van der Waals surface area contributed by atoms with Crippen LogP contribution in [0.4, 0.5) is 0 Å². The highest BCUT2D eigenvalue weighted by Gasteiger charge is 2.20. The van der Waals surface area contributed by atoms with Gasteiger partial charge < -0.3 is 5.11 Å². The molecule has 0 saturated carbocycles. The Morgan fingerprint density at radius 2 is 2.09 bits per heavy atom. The van der Waals surface area contributed by atoms with Crippen molar-refractivity contribution in [3.63, 3.8) is 0 Å². The average molecular weight is 159 g/mol. The van der Waals surface area contributed by atoms with Crippen LogP contribution in [0.2, 0.25) is 0 Å². The fourth-order valence-electron chi connectivity index (χ4n) is 0.750. The van der Waals surface area contributed by atoms with Crippen LogP contribution in [0.5, 0.6) is 0 Å². The van der Waals surface area contributed by atoms with Gasteiger partial charge in [-0.05, 0) is 27.2 Å². The number of hydrogen-bond donors (Lipinski definition) is 2. The predicted octanol–water partition coefficient (Wildman–Crippen LogP) is 1.24. The Kier molecular flexibility index (Phi) is 3.52. The SMILES string of the molecule is CCC(C)(C)N[C@H](C)C(=O)O. The summed E-state index contributed by atoms with van der Waals surface area (Å²) in [5.74, 6) is -0.800. The van der Waals surface area contributed by atoms with Crippen molar-refractivity contribution in [3.8, 4) is 0 Å². The quantitative estimate of drug-likeness (QED) is 0.648. The Morgan fingerprint density at radius 3 is 2.36 bits per heavy atom. The molecule has 0 aromatic heterocycles. The van der Waals surface area contributed by atoms with E-state index in [9.17, 15) is 4.79 Å². The maximum absolute atomic E-state index is 10.4. The van der Waals surface area contributed by atoms with Gasteiger partial charge in [0.1, 0.15) is 6.04 Å². The predicted molar refractivity (Wildman–Crippen MR) is 44.6 cm³/mol. The van der Waals surface area contributed by atoms with Gasteiger partial charge in [-0.15, -0.1) is 0 Å². The van der Waals surface area contributed by atoms with Crippen LogP contribution in [0.15, 0.2) is 0 Å². The third-order valence-corrected chi connectivity index (χ3v) is 1.86. The van der Waals surface area contributed by atoms with E-state index in [1.165, 1.54) is 0 Å². The molecule has 0 heterocycles. The second-order valence-electron chi connectivity index (χ2n) is 3.44. The minimum absolute atomic E-state index is 0.0855. The van der Waals surface area contributed by atoms with Gasteiger partial charge in [0.05, 0.1) is 0 Å². The number of carbonyl (C=O) groups is 1. The van der Waals surface area contributed by atoms with Crippen molar-refractivity contribution < 1.29 is 9.90 Å². The summed E-state index contributed by atoms with van der Waals surface area (Å²) in [6.07, 6.45) is 0.921. The maximum Gasteiger partial charge on any atom is 0.320 e. The molecule has 3 heteroatoms. The highest BCUT2D eigenvalue weighted by molar-refractivity contribution is 5.72. The van der Waals surface area contributed by atoms with E-state index in [0.717, 1.165) is 6.42 Å². The van der Waals surface area contributed by atoms with E-state index in [-0.39, 0.29) is 5.54 Å². The zero-order valence-corrected chi connectivity index (χ0v) is 7.64. The topological polar surface area (TPSA) is 49.3 Å². The molecule has 0 aliphatic rings. The normalized spacial score (nSPS) is 14.5. The molecule has 0 amide bonds. The van der Waals surface area contributed by atoms with Gasteiger partial charge in [-0.25, -0.2) is 0 Å². The van der Waals surface area contributed by atoms with Gasteiger partial charge in [0, 0.05) is 5.54 Å². The Balaban J connectivity index is 3.93. The lowest BCUT2D eigenvalue weighted by molar-refractivity contribution is -0.139. The summed E-state index contributed by atoms with van der Waals surface area (Å²) in [6, 6.07) is -0.468. The lowest BCUT2D eigenvalue weighted by atomic mass is 10.0. The number of carboxylic acid groups (broad SMARTS) is 1. The van der Waals surface area contributed by atoms with Gasteiger partial charge >= 0.3 is 5.97 Å². The molecule has 66 valence electrons. The second-order valence-corrected chi connectivity index (χ2v) is 3.44. The molecule has 0 aromatic carbocycles. The highest BCUT2D eigenvalue weighted by Crippen LogP contribution is 2.07. The molecule has 0 saturated heterocycles. The van der Waals surface area contributed by atoms with Crippen LogP contribution in [0, 0.1) is 0 Å². The van der Waals surface area contributed by atoms with Gasteiger partial charge in [-0.3, -0.25) is 10.1 Å². The van der Waals surface area contributed by atoms with Gasteiger partial charge in [-0.2, -0.15) is 0 Å². The first-order chi connectivity index (χ1) is 4.89. The molecule has 1 atom stereocenters. The van der Waals surface area contributed by atoms with Crippen LogP contribution >= 0.6 is 0 Å². The Hall–Kier alpha value is -0.570. The molecule has 11 heavy (non-hydrogen) atoms. The fraction of sp³-hybridized carbons (Fsp3) is 0.875. The summed E-state index contributed by atoms with van der Waals surface area (Å²) in [4.78, 5) is 10.4. The maximum atomic E-state index is 10.4.